The van der Waals surface area contributed by atoms with Crippen molar-refractivity contribution < 1.29 is 17.7 Å². The Bertz CT molecular complexity index is 711. The Hall–Kier alpha value is -1.65. The Kier molecular flexibility index (Phi) is 9.20. The standard InChI is InChI=1S/C18H33N5O4S/c1-4-19-18(21-12-16-11-17(14(2)3)23-27-16)20-8-10-28(24,25)22-13-15-7-5-6-9-26-15/h11,14-15,22H,4-10,12-13H2,1-3H3,(H2,19,20,21). The van der Waals surface area contributed by atoms with Gasteiger partial charge in [-0.3, -0.25) is 0 Å². The molecule has 2 heterocycles. The van der Waals surface area contributed by atoms with Crippen molar-refractivity contribution in [2.45, 2.75) is 58.6 Å². The summed E-state index contributed by atoms with van der Waals surface area (Å²) < 4.78 is 37.8. The van der Waals surface area contributed by atoms with Gasteiger partial charge in [-0.2, -0.15) is 0 Å². The summed E-state index contributed by atoms with van der Waals surface area (Å²) in [6, 6.07) is 1.89. The van der Waals surface area contributed by atoms with E-state index in [0.717, 1.165) is 25.0 Å². The zero-order valence-corrected chi connectivity index (χ0v) is 17.8. The highest BCUT2D eigenvalue weighted by atomic mass is 32.2. The van der Waals surface area contributed by atoms with Gasteiger partial charge in [0.2, 0.25) is 10.0 Å². The van der Waals surface area contributed by atoms with E-state index in [1.807, 2.05) is 26.8 Å². The van der Waals surface area contributed by atoms with Gasteiger partial charge in [0.25, 0.3) is 0 Å². The molecule has 0 bridgehead atoms. The molecular formula is C18H33N5O4S. The third-order valence-electron chi connectivity index (χ3n) is 4.37. The maximum absolute atomic E-state index is 12.2. The number of aliphatic imine (C=N–C) groups is 1. The molecule has 1 aliphatic rings. The highest BCUT2D eigenvalue weighted by Gasteiger charge is 2.17. The minimum absolute atomic E-state index is 0.0204. The number of nitrogens with one attached hydrogen (secondary N) is 3. The third kappa shape index (κ3) is 8.15. The molecule has 160 valence electrons. The first-order valence-corrected chi connectivity index (χ1v) is 11.6. The van der Waals surface area contributed by atoms with Crippen LogP contribution in [-0.2, 0) is 21.3 Å². The van der Waals surface area contributed by atoms with Crippen LogP contribution in [0.1, 0.15) is 57.4 Å². The Labute approximate surface area is 167 Å². The molecule has 0 saturated carbocycles. The lowest BCUT2D eigenvalue weighted by atomic mass is 10.1. The maximum atomic E-state index is 12.2. The number of hydrogen-bond acceptors (Lipinski definition) is 6. The predicted octanol–water partition coefficient (Wildman–Crippen LogP) is 1.34. The van der Waals surface area contributed by atoms with Gasteiger partial charge < -0.3 is 19.9 Å². The normalized spacial score (nSPS) is 18.4. The van der Waals surface area contributed by atoms with Crippen LogP contribution in [0.3, 0.4) is 0 Å². The lowest BCUT2D eigenvalue weighted by Gasteiger charge is -2.22. The molecule has 1 aliphatic heterocycles. The number of guanidine groups is 1. The van der Waals surface area contributed by atoms with Crippen LogP contribution in [0.15, 0.2) is 15.6 Å². The van der Waals surface area contributed by atoms with Crippen molar-refractivity contribution in [1.82, 2.24) is 20.5 Å². The quantitative estimate of drug-likeness (QED) is 0.390. The van der Waals surface area contributed by atoms with Gasteiger partial charge >= 0.3 is 0 Å². The van der Waals surface area contributed by atoms with Crippen LogP contribution in [0.5, 0.6) is 0 Å². The monoisotopic (exact) mass is 415 g/mol. The second-order valence-electron chi connectivity index (χ2n) is 7.15. The molecule has 2 rings (SSSR count). The van der Waals surface area contributed by atoms with Gasteiger partial charge in [0, 0.05) is 32.3 Å². The van der Waals surface area contributed by atoms with Crippen molar-refractivity contribution in [3.63, 3.8) is 0 Å². The van der Waals surface area contributed by atoms with Gasteiger partial charge in [-0.1, -0.05) is 19.0 Å². The van der Waals surface area contributed by atoms with Gasteiger partial charge in [-0.15, -0.1) is 0 Å². The molecule has 0 aliphatic carbocycles. The summed E-state index contributed by atoms with van der Waals surface area (Å²) in [6.07, 6.45) is 3.01. The van der Waals surface area contributed by atoms with E-state index in [1.54, 1.807) is 0 Å². The summed E-state index contributed by atoms with van der Waals surface area (Å²) in [6.45, 7) is 8.34. The largest absolute Gasteiger partial charge is 0.377 e. The SMILES string of the molecule is CCNC(=NCc1cc(C(C)C)no1)NCCS(=O)(=O)NCC1CCCCO1. The summed E-state index contributed by atoms with van der Waals surface area (Å²) in [7, 11) is -3.37. The first-order chi connectivity index (χ1) is 13.4. The van der Waals surface area contributed by atoms with E-state index in [2.05, 4.69) is 25.5 Å². The molecule has 0 spiro atoms. The van der Waals surface area contributed by atoms with Gasteiger partial charge in [-0.05, 0) is 32.1 Å². The van der Waals surface area contributed by atoms with Crippen LogP contribution in [-0.4, -0.2) is 57.6 Å². The molecular weight excluding hydrogens is 382 g/mol. The Morgan fingerprint density at radius 1 is 1.36 bits per heavy atom. The first-order valence-electron chi connectivity index (χ1n) is 9.96. The number of ether oxygens (including phenoxy) is 1. The fourth-order valence-electron chi connectivity index (χ4n) is 2.74. The molecule has 0 radical (unpaired) electrons. The highest BCUT2D eigenvalue weighted by Crippen LogP contribution is 2.14. The third-order valence-corrected chi connectivity index (χ3v) is 5.72. The molecule has 9 nitrogen and oxygen atoms in total. The first kappa shape index (κ1) is 22.6. The number of rotatable bonds is 10. The number of hydrogen-bond donors (Lipinski definition) is 3. The Morgan fingerprint density at radius 2 is 2.18 bits per heavy atom. The smallest absolute Gasteiger partial charge is 0.213 e. The summed E-state index contributed by atoms with van der Waals surface area (Å²) in [5.74, 6) is 1.47. The van der Waals surface area contributed by atoms with Crippen molar-refractivity contribution >= 4 is 16.0 Å². The highest BCUT2D eigenvalue weighted by molar-refractivity contribution is 7.89. The minimum Gasteiger partial charge on any atom is -0.377 e. The van der Waals surface area contributed by atoms with E-state index in [4.69, 9.17) is 9.26 Å². The van der Waals surface area contributed by atoms with Crippen LogP contribution < -0.4 is 15.4 Å². The average molecular weight is 416 g/mol. The summed E-state index contributed by atoms with van der Waals surface area (Å²) in [5.41, 5.74) is 0.891. The second-order valence-corrected chi connectivity index (χ2v) is 9.08. The van der Waals surface area contributed by atoms with E-state index in [9.17, 15) is 8.42 Å². The van der Waals surface area contributed by atoms with E-state index in [-0.39, 0.29) is 18.4 Å². The summed E-state index contributed by atoms with van der Waals surface area (Å²) in [5, 5.41) is 10.1. The van der Waals surface area contributed by atoms with Crippen LogP contribution in [0, 0.1) is 0 Å². The Morgan fingerprint density at radius 3 is 2.82 bits per heavy atom. The molecule has 0 aromatic carbocycles. The van der Waals surface area contributed by atoms with Crippen molar-refractivity contribution in [1.29, 1.82) is 0 Å². The van der Waals surface area contributed by atoms with Gasteiger partial charge in [0.1, 0.15) is 6.54 Å². The fraction of sp³-hybridized carbons (Fsp3) is 0.778. The lowest BCUT2D eigenvalue weighted by Crippen LogP contribution is -2.42. The second kappa shape index (κ2) is 11.4. The summed E-state index contributed by atoms with van der Waals surface area (Å²) >= 11 is 0. The number of sulfonamides is 1. The van der Waals surface area contributed by atoms with Crippen LogP contribution in [0.2, 0.25) is 0 Å². The van der Waals surface area contributed by atoms with Crippen LogP contribution in [0.4, 0.5) is 0 Å². The predicted molar refractivity (Wildman–Crippen MR) is 109 cm³/mol. The molecule has 1 unspecified atom stereocenters. The van der Waals surface area contributed by atoms with Gasteiger partial charge in [-0.25, -0.2) is 18.1 Å². The average Bonchev–Trinajstić information content (AvgIpc) is 3.15. The van der Waals surface area contributed by atoms with Gasteiger partial charge in [0.15, 0.2) is 11.7 Å². The van der Waals surface area contributed by atoms with E-state index in [1.165, 1.54) is 0 Å². The molecule has 3 N–H and O–H groups in total. The van der Waals surface area contributed by atoms with E-state index >= 15 is 0 Å². The molecule has 0 amide bonds. The Balaban J connectivity index is 1.77. The van der Waals surface area contributed by atoms with Crippen molar-refractivity contribution in [2.75, 3.05) is 32.0 Å². The molecule has 1 aromatic rings. The molecule has 1 aromatic heterocycles. The number of nitrogens with zero attached hydrogens (tertiary/aromatic N) is 2. The topological polar surface area (TPSA) is 118 Å². The molecule has 1 saturated heterocycles. The fourth-order valence-corrected chi connectivity index (χ4v) is 3.69. The van der Waals surface area contributed by atoms with Crippen LogP contribution >= 0.6 is 0 Å². The minimum atomic E-state index is -3.37. The zero-order chi connectivity index (χ0) is 20.4. The van der Waals surface area contributed by atoms with Crippen molar-refractivity contribution in [3.8, 4) is 0 Å². The summed E-state index contributed by atoms with van der Waals surface area (Å²) in [4.78, 5) is 4.42. The molecule has 1 atom stereocenters. The van der Waals surface area contributed by atoms with Gasteiger partial charge in [0.05, 0.1) is 17.6 Å². The maximum Gasteiger partial charge on any atom is 0.213 e. The zero-order valence-electron chi connectivity index (χ0n) is 17.0. The molecule has 28 heavy (non-hydrogen) atoms. The van der Waals surface area contributed by atoms with Crippen LogP contribution in [0.25, 0.3) is 0 Å². The lowest BCUT2D eigenvalue weighted by molar-refractivity contribution is 0.0200. The number of aromatic nitrogens is 1. The van der Waals surface area contributed by atoms with Crippen molar-refractivity contribution in [3.05, 3.63) is 17.5 Å². The van der Waals surface area contributed by atoms with E-state index in [0.29, 0.717) is 43.9 Å². The molecule has 1 fully saturated rings. The van der Waals surface area contributed by atoms with Crippen molar-refractivity contribution in [2.24, 2.45) is 4.99 Å². The van der Waals surface area contributed by atoms with E-state index < -0.39 is 10.0 Å². The molecule has 10 heteroatoms.